The topological polar surface area (TPSA) is 20.3 Å². The van der Waals surface area contributed by atoms with Crippen molar-refractivity contribution in [2.75, 3.05) is 20.6 Å². The predicted octanol–water partition coefficient (Wildman–Crippen LogP) is 1.46. The van der Waals surface area contributed by atoms with Gasteiger partial charge in [-0.2, -0.15) is 0 Å². The number of carbonyl (C=O) groups excluding carboxylic acids is 1. The molecule has 0 unspecified atom stereocenters. The maximum atomic E-state index is 12.4. The first-order chi connectivity index (χ1) is 4.54. The maximum Gasteiger partial charge on any atom is 0.255 e. The predicted molar refractivity (Wildman–Crippen MR) is 46.2 cm³/mol. The monoisotopic (exact) mass is 203 g/mol. The van der Waals surface area contributed by atoms with Gasteiger partial charge in [-0.15, -0.1) is 12.4 Å². The van der Waals surface area contributed by atoms with Gasteiger partial charge in [0.05, 0.1) is 0 Å². The summed E-state index contributed by atoms with van der Waals surface area (Å²) >= 11 is 4.88. The Morgan fingerprint density at radius 1 is 1.64 bits per heavy atom. The third-order valence-electron chi connectivity index (χ3n) is 1.08. The molecule has 0 radical (unpaired) electrons. The van der Waals surface area contributed by atoms with Crippen LogP contribution in [0.15, 0.2) is 0 Å². The minimum atomic E-state index is -1.51. The standard InChI is InChI=1S/C6H11ClFNO.ClH/c1-9(2)4-3-5(8)6(7)10;/h5H,3-4H2,1-2H3;1H/t5-;/m1./s1. The van der Waals surface area contributed by atoms with Crippen LogP contribution in [0.25, 0.3) is 0 Å². The summed E-state index contributed by atoms with van der Waals surface area (Å²) in [5.74, 6) is 0. The highest BCUT2D eigenvalue weighted by Crippen LogP contribution is 2.02. The van der Waals surface area contributed by atoms with Gasteiger partial charge in [0.2, 0.25) is 0 Å². The van der Waals surface area contributed by atoms with E-state index in [-0.39, 0.29) is 18.8 Å². The fourth-order valence-corrected chi connectivity index (χ4v) is 0.594. The van der Waals surface area contributed by atoms with Gasteiger partial charge in [-0.05, 0) is 32.1 Å². The van der Waals surface area contributed by atoms with Crippen LogP contribution in [0, 0.1) is 0 Å². The molecule has 0 rings (SSSR count). The SMILES string of the molecule is CN(C)CC[C@@H](F)C(=O)Cl.Cl. The van der Waals surface area contributed by atoms with E-state index in [0.717, 1.165) is 0 Å². The molecule has 5 heteroatoms. The molecule has 0 amide bonds. The van der Waals surface area contributed by atoms with Crippen LogP contribution in [0.1, 0.15) is 6.42 Å². The normalized spacial score (nSPS) is 12.5. The van der Waals surface area contributed by atoms with Gasteiger partial charge in [0.15, 0.2) is 6.17 Å². The van der Waals surface area contributed by atoms with Crippen molar-refractivity contribution < 1.29 is 9.18 Å². The largest absolute Gasteiger partial charge is 0.309 e. The van der Waals surface area contributed by atoms with Gasteiger partial charge >= 0.3 is 0 Å². The lowest BCUT2D eigenvalue weighted by Gasteiger charge is -2.09. The number of rotatable bonds is 4. The molecular weight excluding hydrogens is 192 g/mol. The molecule has 0 aromatic rings. The molecule has 11 heavy (non-hydrogen) atoms. The van der Waals surface area contributed by atoms with Crippen molar-refractivity contribution in [3.05, 3.63) is 0 Å². The lowest BCUT2D eigenvalue weighted by molar-refractivity contribution is -0.116. The Labute approximate surface area is 77.1 Å². The molecule has 0 aliphatic heterocycles. The Morgan fingerprint density at radius 2 is 2.09 bits per heavy atom. The van der Waals surface area contributed by atoms with Gasteiger partial charge in [0.25, 0.3) is 5.24 Å². The maximum absolute atomic E-state index is 12.4. The number of hydrogen-bond donors (Lipinski definition) is 0. The van der Waals surface area contributed by atoms with Crippen molar-refractivity contribution in [3.63, 3.8) is 0 Å². The molecule has 0 saturated heterocycles. The van der Waals surface area contributed by atoms with Crippen molar-refractivity contribution in [2.45, 2.75) is 12.6 Å². The van der Waals surface area contributed by atoms with Crippen LogP contribution >= 0.6 is 24.0 Å². The summed E-state index contributed by atoms with van der Waals surface area (Å²) in [6.07, 6.45) is -1.33. The molecule has 0 aromatic heterocycles. The minimum absolute atomic E-state index is 0. The third kappa shape index (κ3) is 8.04. The Hall–Kier alpha value is 0.140. The van der Waals surface area contributed by atoms with E-state index in [9.17, 15) is 9.18 Å². The van der Waals surface area contributed by atoms with Crippen molar-refractivity contribution in [1.82, 2.24) is 4.90 Å². The van der Waals surface area contributed by atoms with Crippen molar-refractivity contribution in [2.24, 2.45) is 0 Å². The van der Waals surface area contributed by atoms with Crippen LogP contribution in [-0.2, 0) is 4.79 Å². The Balaban J connectivity index is 0. The number of carbonyl (C=O) groups is 1. The summed E-state index contributed by atoms with van der Waals surface area (Å²) in [6, 6.07) is 0. The molecule has 0 aliphatic carbocycles. The Kier molecular flexibility index (Phi) is 8.51. The smallest absolute Gasteiger partial charge is 0.255 e. The summed E-state index contributed by atoms with van der Waals surface area (Å²) in [5.41, 5.74) is 0. The fourth-order valence-electron chi connectivity index (χ4n) is 0.485. The van der Waals surface area contributed by atoms with Gasteiger partial charge < -0.3 is 4.90 Å². The second kappa shape index (κ2) is 6.83. The number of halogens is 3. The van der Waals surface area contributed by atoms with E-state index in [1.807, 2.05) is 14.1 Å². The molecule has 1 atom stereocenters. The first-order valence-corrected chi connectivity index (χ1v) is 3.40. The lowest BCUT2D eigenvalue weighted by atomic mass is 10.3. The molecule has 2 nitrogen and oxygen atoms in total. The van der Waals surface area contributed by atoms with E-state index in [1.54, 1.807) is 4.90 Å². The second-order valence-electron chi connectivity index (χ2n) is 2.36. The van der Waals surface area contributed by atoms with E-state index in [0.29, 0.717) is 6.54 Å². The molecule has 0 saturated carbocycles. The quantitative estimate of drug-likeness (QED) is 0.646. The van der Waals surface area contributed by atoms with Crippen LogP contribution in [0.2, 0.25) is 0 Å². The first-order valence-electron chi connectivity index (χ1n) is 3.02. The van der Waals surface area contributed by atoms with Crippen molar-refractivity contribution in [3.8, 4) is 0 Å². The van der Waals surface area contributed by atoms with Gasteiger partial charge in [-0.1, -0.05) is 0 Å². The highest BCUT2D eigenvalue weighted by atomic mass is 35.5. The molecule has 0 heterocycles. The Bertz CT molecular complexity index is 121. The summed E-state index contributed by atoms with van der Waals surface area (Å²) in [5, 5.41) is -0.901. The second-order valence-corrected chi connectivity index (χ2v) is 2.74. The van der Waals surface area contributed by atoms with Crippen molar-refractivity contribution in [1.29, 1.82) is 0 Å². The zero-order valence-electron chi connectivity index (χ0n) is 6.51. The van der Waals surface area contributed by atoms with Gasteiger partial charge in [-0.25, -0.2) is 4.39 Å². The van der Waals surface area contributed by atoms with Crippen LogP contribution < -0.4 is 0 Å². The third-order valence-corrected chi connectivity index (χ3v) is 1.31. The summed E-state index contributed by atoms with van der Waals surface area (Å²) < 4.78 is 12.4. The summed E-state index contributed by atoms with van der Waals surface area (Å²) in [4.78, 5) is 11.9. The van der Waals surface area contributed by atoms with E-state index >= 15 is 0 Å². The summed E-state index contributed by atoms with van der Waals surface area (Å²) in [7, 11) is 3.62. The molecular formula is C6H12Cl2FNO. The van der Waals surface area contributed by atoms with Gasteiger partial charge in [0, 0.05) is 6.54 Å². The summed E-state index contributed by atoms with van der Waals surface area (Å²) in [6.45, 7) is 0.541. The van der Waals surface area contributed by atoms with E-state index in [1.165, 1.54) is 0 Å². The molecule has 0 aromatic carbocycles. The fraction of sp³-hybridized carbons (Fsp3) is 0.833. The van der Waals surface area contributed by atoms with Crippen LogP contribution in [0.3, 0.4) is 0 Å². The highest BCUT2D eigenvalue weighted by Gasteiger charge is 2.13. The first kappa shape index (κ1) is 13.7. The number of hydrogen-bond acceptors (Lipinski definition) is 2. The van der Waals surface area contributed by atoms with Crippen LogP contribution in [0.4, 0.5) is 4.39 Å². The van der Waals surface area contributed by atoms with E-state index in [4.69, 9.17) is 11.6 Å². The molecule has 0 N–H and O–H groups in total. The number of nitrogens with zero attached hydrogens (tertiary/aromatic N) is 1. The van der Waals surface area contributed by atoms with E-state index in [2.05, 4.69) is 0 Å². The minimum Gasteiger partial charge on any atom is -0.309 e. The van der Waals surface area contributed by atoms with Crippen molar-refractivity contribution >= 4 is 29.3 Å². The number of alkyl halides is 1. The zero-order valence-corrected chi connectivity index (χ0v) is 8.08. The average Bonchev–Trinajstić information content (AvgIpc) is 1.82. The highest BCUT2D eigenvalue weighted by molar-refractivity contribution is 6.64. The molecule has 0 bridgehead atoms. The molecule has 0 aliphatic rings. The zero-order chi connectivity index (χ0) is 8.15. The van der Waals surface area contributed by atoms with Crippen LogP contribution in [-0.4, -0.2) is 37.0 Å². The molecule has 68 valence electrons. The lowest BCUT2D eigenvalue weighted by Crippen LogP contribution is -2.20. The van der Waals surface area contributed by atoms with Gasteiger partial charge in [0.1, 0.15) is 0 Å². The van der Waals surface area contributed by atoms with Gasteiger partial charge in [-0.3, -0.25) is 4.79 Å². The average molecular weight is 204 g/mol. The van der Waals surface area contributed by atoms with Crippen LogP contribution in [0.5, 0.6) is 0 Å². The Morgan fingerprint density at radius 3 is 2.36 bits per heavy atom. The van der Waals surface area contributed by atoms with E-state index < -0.39 is 11.4 Å². The molecule has 0 spiro atoms. The molecule has 0 fully saturated rings.